The van der Waals surface area contributed by atoms with Crippen molar-refractivity contribution in [2.24, 2.45) is 0 Å². The van der Waals surface area contributed by atoms with Crippen LogP contribution in [0.25, 0.3) is 0 Å². The highest BCUT2D eigenvalue weighted by Crippen LogP contribution is 2.22. The fourth-order valence-corrected chi connectivity index (χ4v) is 3.47. The maximum atomic E-state index is 12.8. The second kappa shape index (κ2) is 7.90. The molecule has 3 heterocycles. The number of hydrogen-bond donors (Lipinski definition) is 2. The van der Waals surface area contributed by atoms with E-state index in [1.54, 1.807) is 13.0 Å². The lowest BCUT2D eigenvalue weighted by Gasteiger charge is -2.16. The molecule has 8 nitrogen and oxygen atoms in total. The maximum absolute atomic E-state index is 12.8. The Morgan fingerprint density at radius 3 is 2.66 bits per heavy atom. The molecule has 4 rings (SSSR count). The van der Waals surface area contributed by atoms with Gasteiger partial charge in [0.15, 0.2) is 11.6 Å². The first-order chi connectivity index (χ1) is 14.0. The maximum Gasteiger partial charge on any atom is 0.292 e. The molecular formula is C21H23N5O3. The summed E-state index contributed by atoms with van der Waals surface area (Å²) in [5.74, 6) is 0.472. The second-order valence-electron chi connectivity index (χ2n) is 7.28. The number of anilines is 1. The molecule has 1 aliphatic heterocycles. The normalized spacial score (nSPS) is 13.0. The topological polar surface area (TPSA) is 102 Å². The Kier molecular flexibility index (Phi) is 5.16. The average Bonchev–Trinajstić information content (AvgIpc) is 3.31. The molecule has 150 valence electrons. The molecule has 0 spiro atoms. The number of carbonyl (C=O) groups is 2. The fourth-order valence-electron chi connectivity index (χ4n) is 3.47. The largest absolute Gasteiger partial charge is 0.360 e. The van der Waals surface area contributed by atoms with Gasteiger partial charge in [-0.05, 0) is 38.7 Å². The fraction of sp³-hybridized carbons (Fsp3) is 0.333. The van der Waals surface area contributed by atoms with Crippen molar-refractivity contribution in [1.82, 2.24) is 20.0 Å². The molecule has 2 N–H and O–H groups in total. The Labute approximate surface area is 168 Å². The summed E-state index contributed by atoms with van der Waals surface area (Å²) in [5.41, 5.74) is 3.30. The predicted octanol–water partition coefficient (Wildman–Crippen LogP) is 3.01. The lowest BCUT2D eigenvalue weighted by atomic mass is 10.1. The van der Waals surface area contributed by atoms with Crippen LogP contribution in [-0.4, -0.2) is 26.5 Å². The molecule has 0 saturated carbocycles. The van der Waals surface area contributed by atoms with E-state index in [4.69, 9.17) is 4.52 Å². The number of nitrogens with zero attached hydrogens (tertiary/aromatic N) is 3. The van der Waals surface area contributed by atoms with Crippen molar-refractivity contribution in [3.8, 4) is 0 Å². The SMILES string of the molecule is Cc1ccc(CNC(=O)c2nc(C(=O)Nc3cc(C)on3)n3c2CCCC3)cc1. The summed E-state index contributed by atoms with van der Waals surface area (Å²) in [4.78, 5) is 29.9. The van der Waals surface area contributed by atoms with Gasteiger partial charge in [-0.3, -0.25) is 9.59 Å². The minimum Gasteiger partial charge on any atom is -0.360 e. The van der Waals surface area contributed by atoms with Gasteiger partial charge in [-0.2, -0.15) is 0 Å². The van der Waals surface area contributed by atoms with Crippen LogP contribution >= 0.6 is 0 Å². The Balaban J connectivity index is 1.54. The lowest BCUT2D eigenvalue weighted by Crippen LogP contribution is -2.25. The quantitative estimate of drug-likeness (QED) is 0.694. The first kappa shape index (κ1) is 18.9. The smallest absolute Gasteiger partial charge is 0.292 e. The third-order valence-corrected chi connectivity index (χ3v) is 4.98. The molecule has 1 aromatic carbocycles. The van der Waals surface area contributed by atoms with Crippen LogP contribution in [0, 0.1) is 13.8 Å². The van der Waals surface area contributed by atoms with E-state index < -0.39 is 5.91 Å². The summed E-state index contributed by atoms with van der Waals surface area (Å²) in [6.07, 6.45) is 2.63. The summed E-state index contributed by atoms with van der Waals surface area (Å²) in [5, 5.41) is 9.38. The Morgan fingerprint density at radius 2 is 1.93 bits per heavy atom. The number of rotatable bonds is 5. The molecule has 0 atom stereocenters. The Hall–Kier alpha value is -3.42. The summed E-state index contributed by atoms with van der Waals surface area (Å²) >= 11 is 0. The number of aromatic nitrogens is 3. The number of aryl methyl sites for hydroxylation is 2. The summed E-state index contributed by atoms with van der Waals surface area (Å²) < 4.78 is 6.82. The highest BCUT2D eigenvalue weighted by atomic mass is 16.5. The van der Waals surface area contributed by atoms with Crippen molar-refractivity contribution in [3.05, 3.63) is 64.4 Å². The van der Waals surface area contributed by atoms with Gasteiger partial charge in [-0.1, -0.05) is 35.0 Å². The molecule has 0 saturated heterocycles. The number of nitrogens with one attached hydrogen (secondary N) is 2. The molecule has 2 aromatic heterocycles. The molecule has 2 amide bonds. The molecule has 0 aliphatic carbocycles. The van der Waals surface area contributed by atoms with Gasteiger partial charge in [0.05, 0.1) is 5.69 Å². The van der Waals surface area contributed by atoms with Gasteiger partial charge in [0.2, 0.25) is 0 Å². The van der Waals surface area contributed by atoms with Crippen molar-refractivity contribution in [3.63, 3.8) is 0 Å². The first-order valence-corrected chi connectivity index (χ1v) is 9.69. The van der Waals surface area contributed by atoms with Crippen LogP contribution in [0.4, 0.5) is 5.82 Å². The standard InChI is InChI=1S/C21H23N5O3/c1-13-6-8-15(9-7-13)12-22-20(27)18-16-5-3-4-10-26(16)19(24-18)21(28)23-17-11-14(2)29-25-17/h6-9,11H,3-5,10,12H2,1-2H3,(H,22,27)(H,23,25,28). The van der Waals surface area contributed by atoms with Crippen LogP contribution in [0.1, 0.15) is 56.5 Å². The summed E-state index contributed by atoms with van der Waals surface area (Å²) in [6, 6.07) is 9.61. The molecule has 8 heteroatoms. The average molecular weight is 393 g/mol. The number of carbonyl (C=O) groups excluding carboxylic acids is 2. The van der Waals surface area contributed by atoms with Crippen LogP contribution in [0.5, 0.6) is 0 Å². The number of amides is 2. The molecule has 29 heavy (non-hydrogen) atoms. The number of benzene rings is 1. The zero-order valence-electron chi connectivity index (χ0n) is 16.5. The van der Waals surface area contributed by atoms with Crippen molar-refractivity contribution in [1.29, 1.82) is 0 Å². The van der Waals surface area contributed by atoms with Crippen LogP contribution in [0.2, 0.25) is 0 Å². The molecule has 0 bridgehead atoms. The monoisotopic (exact) mass is 393 g/mol. The molecule has 0 unspecified atom stereocenters. The van der Waals surface area contributed by atoms with Gasteiger partial charge in [0.1, 0.15) is 11.5 Å². The van der Waals surface area contributed by atoms with E-state index in [2.05, 4.69) is 20.8 Å². The summed E-state index contributed by atoms with van der Waals surface area (Å²) in [6.45, 7) is 4.84. The van der Waals surface area contributed by atoms with E-state index >= 15 is 0 Å². The number of hydrogen-bond acceptors (Lipinski definition) is 5. The van der Waals surface area contributed by atoms with Gasteiger partial charge in [-0.25, -0.2) is 4.98 Å². The third-order valence-electron chi connectivity index (χ3n) is 4.98. The minimum atomic E-state index is -0.404. The molecule has 0 radical (unpaired) electrons. The molecule has 1 aliphatic rings. The number of imidazole rings is 1. The van der Waals surface area contributed by atoms with Crippen molar-refractivity contribution < 1.29 is 14.1 Å². The highest BCUT2D eigenvalue weighted by molar-refractivity contribution is 6.03. The first-order valence-electron chi connectivity index (χ1n) is 9.69. The third kappa shape index (κ3) is 4.06. The Bertz CT molecular complexity index is 1050. The van der Waals surface area contributed by atoms with Crippen LogP contribution < -0.4 is 10.6 Å². The highest BCUT2D eigenvalue weighted by Gasteiger charge is 2.27. The van der Waals surface area contributed by atoms with Gasteiger partial charge >= 0.3 is 0 Å². The Morgan fingerprint density at radius 1 is 1.14 bits per heavy atom. The zero-order valence-corrected chi connectivity index (χ0v) is 16.5. The number of fused-ring (bicyclic) bond motifs is 1. The summed E-state index contributed by atoms with van der Waals surface area (Å²) in [7, 11) is 0. The zero-order chi connectivity index (χ0) is 20.4. The van der Waals surface area contributed by atoms with E-state index in [9.17, 15) is 9.59 Å². The minimum absolute atomic E-state index is 0.223. The van der Waals surface area contributed by atoms with Crippen molar-refractivity contribution in [2.45, 2.75) is 46.2 Å². The van der Waals surface area contributed by atoms with E-state index in [0.717, 1.165) is 30.5 Å². The molecule has 3 aromatic rings. The van der Waals surface area contributed by atoms with Gasteiger partial charge < -0.3 is 19.7 Å². The van der Waals surface area contributed by atoms with Crippen LogP contribution in [0.3, 0.4) is 0 Å². The van der Waals surface area contributed by atoms with E-state index in [-0.39, 0.29) is 11.7 Å². The molecular weight excluding hydrogens is 370 g/mol. The van der Waals surface area contributed by atoms with Gasteiger partial charge in [-0.15, -0.1) is 0 Å². The van der Waals surface area contributed by atoms with Crippen LogP contribution in [0.15, 0.2) is 34.9 Å². The van der Waals surface area contributed by atoms with E-state index in [0.29, 0.717) is 30.4 Å². The van der Waals surface area contributed by atoms with Gasteiger partial charge in [0, 0.05) is 19.2 Å². The van der Waals surface area contributed by atoms with Gasteiger partial charge in [0.25, 0.3) is 11.8 Å². The van der Waals surface area contributed by atoms with E-state index in [1.165, 1.54) is 5.56 Å². The van der Waals surface area contributed by atoms with E-state index in [1.807, 2.05) is 35.8 Å². The van der Waals surface area contributed by atoms with Crippen LogP contribution in [-0.2, 0) is 19.5 Å². The van der Waals surface area contributed by atoms with Crippen molar-refractivity contribution in [2.75, 3.05) is 5.32 Å². The second-order valence-corrected chi connectivity index (χ2v) is 7.28. The predicted molar refractivity (Wildman–Crippen MR) is 107 cm³/mol. The van der Waals surface area contributed by atoms with Crippen molar-refractivity contribution >= 4 is 17.6 Å². The molecule has 0 fully saturated rings. The lowest BCUT2D eigenvalue weighted by molar-refractivity contribution is 0.0945.